The standard InChI is InChI=1S/C10H10N2O2/c1-13-9-3-7-5-11-6-12-8(7)4-10(9)14-2/h3-6H,1-2H3. The van der Waals surface area contributed by atoms with Gasteiger partial charge in [0, 0.05) is 17.6 Å². The Morgan fingerprint density at radius 2 is 1.79 bits per heavy atom. The maximum Gasteiger partial charge on any atom is 0.162 e. The van der Waals surface area contributed by atoms with Gasteiger partial charge in [0.1, 0.15) is 6.33 Å². The first-order chi connectivity index (χ1) is 6.85. The Hall–Kier alpha value is -1.84. The zero-order valence-corrected chi connectivity index (χ0v) is 8.02. The predicted molar refractivity (Wildman–Crippen MR) is 52.6 cm³/mol. The molecule has 0 aliphatic heterocycles. The molecular formula is C10H10N2O2. The first kappa shape index (κ1) is 8.74. The molecular weight excluding hydrogens is 180 g/mol. The van der Waals surface area contributed by atoms with Gasteiger partial charge in [0.05, 0.1) is 19.7 Å². The van der Waals surface area contributed by atoms with Gasteiger partial charge < -0.3 is 9.47 Å². The van der Waals surface area contributed by atoms with E-state index in [1.807, 2.05) is 12.1 Å². The van der Waals surface area contributed by atoms with Gasteiger partial charge in [-0.1, -0.05) is 0 Å². The number of hydrogen-bond acceptors (Lipinski definition) is 4. The molecule has 0 aliphatic rings. The van der Waals surface area contributed by atoms with E-state index in [2.05, 4.69) is 9.97 Å². The van der Waals surface area contributed by atoms with Crippen molar-refractivity contribution in [3.63, 3.8) is 0 Å². The van der Waals surface area contributed by atoms with E-state index in [1.165, 1.54) is 6.33 Å². The lowest BCUT2D eigenvalue weighted by molar-refractivity contribution is 0.356. The molecule has 4 heteroatoms. The molecule has 0 amide bonds. The Balaban J connectivity index is 2.69. The van der Waals surface area contributed by atoms with E-state index in [4.69, 9.17) is 9.47 Å². The number of aromatic nitrogens is 2. The van der Waals surface area contributed by atoms with Crippen LogP contribution in [0.4, 0.5) is 0 Å². The van der Waals surface area contributed by atoms with Crippen molar-refractivity contribution in [3.05, 3.63) is 24.7 Å². The van der Waals surface area contributed by atoms with Crippen molar-refractivity contribution in [2.45, 2.75) is 0 Å². The number of hydrogen-bond donors (Lipinski definition) is 0. The molecule has 2 rings (SSSR count). The fraction of sp³-hybridized carbons (Fsp3) is 0.200. The second kappa shape index (κ2) is 3.49. The van der Waals surface area contributed by atoms with Crippen molar-refractivity contribution in [3.8, 4) is 11.5 Å². The van der Waals surface area contributed by atoms with Crippen LogP contribution in [0.5, 0.6) is 11.5 Å². The molecule has 1 aromatic carbocycles. The molecule has 1 heterocycles. The smallest absolute Gasteiger partial charge is 0.162 e. The molecule has 14 heavy (non-hydrogen) atoms. The number of ether oxygens (including phenoxy) is 2. The third-order valence-corrected chi connectivity index (χ3v) is 2.01. The summed E-state index contributed by atoms with van der Waals surface area (Å²) in [5.74, 6) is 1.37. The molecule has 0 radical (unpaired) electrons. The van der Waals surface area contributed by atoms with Crippen LogP contribution >= 0.6 is 0 Å². The zero-order valence-electron chi connectivity index (χ0n) is 8.02. The van der Waals surface area contributed by atoms with E-state index in [0.29, 0.717) is 11.5 Å². The van der Waals surface area contributed by atoms with E-state index in [1.54, 1.807) is 20.4 Å². The average Bonchev–Trinajstić information content (AvgIpc) is 2.27. The lowest BCUT2D eigenvalue weighted by Crippen LogP contribution is -1.91. The molecule has 72 valence electrons. The fourth-order valence-electron chi connectivity index (χ4n) is 1.31. The summed E-state index contributed by atoms with van der Waals surface area (Å²) in [5, 5.41) is 0.935. The molecule has 0 saturated heterocycles. The lowest BCUT2D eigenvalue weighted by Gasteiger charge is -2.07. The Kier molecular flexibility index (Phi) is 2.18. The highest BCUT2D eigenvalue weighted by atomic mass is 16.5. The number of nitrogens with zero attached hydrogens (tertiary/aromatic N) is 2. The van der Waals surface area contributed by atoms with Gasteiger partial charge in [-0.25, -0.2) is 9.97 Å². The molecule has 4 nitrogen and oxygen atoms in total. The van der Waals surface area contributed by atoms with Gasteiger partial charge in [0.15, 0.2) is 11.5 Å². The molecule has 0 aliphatic carbocycles. The van der Waals surface area contributed by atoms with Gasteiger partial charge in [-0.05, 0) is 6.07 Å². The highest BCUT2D eigenvalue weighted by Gasteiger charge is 2.05. The Morgan fingerprint density at radius 1 is 1.07 bits per heavy atom. The fourth-order valence-corrected chi connectivity index (χ4v) is 1.31. The van der Waals surface area contributed by atoms with Crippen LogP contribution in [-0.2, 0) is 0 Å². The van der Waals surface area contributed by atoms with Crippen LogP contribution in [-0.4, -0.2) is 24.2 Å². The van der Waals surface area contributed by atoms with Crippen molar-refractivity contribution in [1.82, 2.24) is 9.97 Å². The number of methoxy groups -OCH3 is 2. The molecule has 0 atom stereocenters. The SMILES string of the molecule is COc1cc2cncnc2cc1OC. The minimum Gasteiger partial charge on any atom is -0.493 e. The molecule has 0 N–H and O–H groups in total. The summed E-state index contributed by atoms with van der Waals surface area (Å²) in [5.41, 5.74) is 0.845. The molecule has 0 saturated carbocycles. The van der Waals surface area contributed by atoms with E-state index in [9.17, 15) is 0 Å². The third-order valence-electron chi connectivity index (χ3n) is 2.01. The normalized spacial score (nSPS) is 10.1. The average molecular weight is 190 g/mol. The quantitative estimate of drug-likeness (QED) is 0.722. The molecule has 0 unspecified atom stereocenters. The lowest BCUT2D eigenvalue weighted by atomic mass is 10.2. The highest BCUT2D eigenvalue weighted by molar-refractivity contribution is 5.81. The van der Waals surface area contributed by atoms with Gasteiger partial charge in [0.25, 0.3) is 0 Å². The number of rotatable bonds is 2. The van der Waals surface area contributed by atoms with E-state index < -0.39 is 0 Å². The summed E-state index contributed by atoms with van der Waals surface area (Å²) in [4.78, 5) is 8.05. The molecule has 1 aromatic heterocycles. The van der Waals surface area contributed by atoms with E-state index in [-0.39, 0.29) is 0 Å². The number of fused-ring (bicyclic) bond motifs is 1. The van der Waals surface area contributed by atoms with Crippen LogP contribution in [0.15, 0.2) is 24.7 Å². The summed E-state index contributed by atoms with van der Waals surface area (Å²) < 4.78 is 10.3. The van der Waals surface area contributed by atoms with E-state index in [0.717, 1.165) is 10.9 Å². The number of benzene rings is 1. The van der Waals surface area contributed by atoms with Crippen molar-refractivity contribution in [2.75, 3.05) is 14.2 Å². The minimum atomic E-state index is 0.679. The van der Waals surface area contributed by atoms with E-state index >= 15 is 0 Å². The van der Waals surface area contributed by atoms with Gasteiger partial charge in [-0.2, -0.15) is 0 Å². The summed E-state index contributed by atoms with van der Waals surface area (Å²) >= 11 is 0. The Labute approximate surface area is 81.5 Å². The maximum absolute atomic E-state index is 5.16. The molecule has 0 spiro atoms. The van der Waals surface area contributed by atoms with Crippen molar-refractivity contribution >= 4 is 10.9 Å². The Bertz CT molecular complexity index is 414. The first-order valence-electron chi connectivity index (χ1n) is 4.17. The summed E-state index contributed by atoms with van der Waals surface area (Å²) in [6.07, 6.45) is 3.25. The summed E-state index contributed by atoms with van der Waals surface area (Å²) in [6, 6.07) is 3.68. The van der Waals surface area contributed by atoms with Crippen molar-refractivity contribution in [1.29, 1.82) is 0 Å². The minimum absolute atomic E-state index is 0.679. The first-order valence-corrected chi connectivity index (χ1v) is 4.17. The highest BCUT2D eigenvalue weighted by Crippen LogP contribution is 2.30. The van der Waals surface area contributed by atoms with Gasteiger partial charge in [0.2, 0.25) is 0 Å². The summed E-state index contributed by atoms with van der Waals surface area (Å²) in [6.45, 7) is 0. The monoisotopic (exact) mass is 190 g/mol. The van der Waals surface area contributed by atoms with Crippen molar-refractivity contribution in [2.24, 2.45) is 0 Å². The second-order valence-electron chi connectivity index (χ2n) is 2.79. The molecule has 2 aromatic rings. The van der Waals surface area contributed by atoms with Gasteiger partial charge in [-0.3, -0.25) is 0 Å². The Morgan fingerprint density at radius 3 is 2.50 bits per heavy atom. The van der Waals surface area contributed by atoms with Crippen molar-refractivity contribution < 1.29 is 9.47 Å². The molecule has 0 bridgehead atoms. The van der Waals surface area contributed by atoms with Crippen LogP contribution in [0, 0.1) is 0 Å². The third kappa shape index (κ3) is 1.35. The largest absolute Gasteiger partial charge is 0.493 e. The van der Waals surface area contributed by atoms with Gasteiger partial charge in [-0.15, -0.1) is 0 Å². The topological polar surface area (TPSA) is 44.2 Å². The zero-order chi connectivity index (χ0) is 9.97. The van der Waals surface area contributed by atoms with Crippen LogP contribution in [0.2, 0.25) is 0 Å². The van der Waals surface area contributed by atoms with Crippen LogP contribution in [0.25, 0.3) is 10.9 Å². The van der Waals surface area contributed by atoms with Crippen LogP contribution in [0.3, 0.4) is 0 Å². The maximum atomic E-state index is 5.16. The van der Waals surface area contributed by atoms with Crippen LogP contribution < -0.4 is 9.47 Å². The second-order valence-corrected chi connectivity index (χ2v) is 2.79. The van der Waals surface area contributed by atoms with Crippen LogP contribution in [0.1, 0.15) is 0 Å². The molecule has 0 fully saturated rings. The predicted octanol–water partition coefficient (Wildman–Crippen LogP) is 1.65. The van der Waals surface area contributed by atoms with Gasteiger partial charge >= 0.3 is 0 Å². The summed E-state index contributed by atoms with van der Waals surface area (Å²) in [7, 11) is 3.21.